The van der Waals surface area contributed by atoms with Gasteiger partial charge < -0.3 is 9.64 Å². The standard InChI is InChI=1S/C25H21F2N7O/c1-35-23-6-8-28-13-19(23)16-12-29-34(15-16)22-14-30-33-10-7-24(31-25(22)33)32-9-2-3-21(32)18-11-17(26)4-5-20(18)27/h4-8,10-15,21H,2-3,9H2,1H3/t21-/m1/s1. The molecule has 1 saturated heterocycles. The topological polar surface area (TPSA) is 73.4 Å². The highest BCUT2D eigenvalue weighted by Gasteiger charge is 2.30. The molecule has 0 aliphatic carbocycles. The van der Waals surface area contributed by atoms with E-state index in [0.717, 1.165) is 30.0 Å². The fourth-order valence-corrected chi connectivity index (χ4v) is 4.67. The maximum absolute atomic E-state index is 14.5. The lowest BCUT2D eigenvalue weighted by atomic mass is 10.0. The summed E-state index contributed by atoms with van der Waals surface area (Å²) < 4.78 is 37.2. The van der Waals surface area contributed by atoms with Gasteiger partial charge in [0.25, 0.3) is 0 Å². The molecule has 0 amide bonds. The predicted molar refractivity (Wildman–Crippen MR) is 126 cm³/mol. The van der Waals surface area contributed by atoms with Gasteiger partial charge in [-0.15, -0.1) is 0 Å². The van der Waals surface area contributed by atoms with Crippen molar-refractivity contribution in [1.29, 1.82) is 0 Å². The summed E-state index contributed by atoms with van der Waals surface area (Å²) in [5, 5.41) is 8.92. The number of pyridine rings is 1. The van der Waals surface area contributed by atoms with Gasteiger partial charge in [0.15, 0.2) is 5.65 Å². The monoisotopic (exact) mass is 473 g/mol. The normalized spacial score (nSPS) is 15.7. The average molecular weight is 473 g/mol. The van der Waals surface area contributed by atoms with Gasteiger partial charge >= 0.3 is 0 Å². The summed E-state index contributed by atoms with van der Waals surface area (Å²) in [6, 6.07) is 6.94. The van der Waals surface area contributed by atoms with Crippen molar-refractivity contribution in [3.05, 3.63) is 84.7 Å². The Hall–Kier alpha value is -4.34. The number of aromatic nitrogens is 6. The van der Waals surface area contributed by atoms with E-state index in [1.165, 1.54) is 12.1 Å². The van der Waals surface area contributed by atoms with Crippen molar-refractivity contribution >= 4 is 11.5 Å². The second-order valence-electron chi connectivity index (χ2n) is 8.35. The van der Waals surface area contributed by atoms with Crippen LogP contribution >= 0.6 is 0 Å². The largest absolute Gasteiger partial charge is 0.496 e. The Balaban J connectivity index is 1.38. The van der Waals surface area contributed by atoms with Gasteiger partial charge in [0.1, 0.15) is 28.9 Å². The number of nitrogens with zero attached hydrogens (tertiary/aromatic N) is 7. The summed E-state index contributed by atoms with van der Waals surface area (Å²) in [6.07, 6.45) is 12.1. The van der Waals surface area contributed by atoms with E-state index in [1.807, 2.05) is 23.4 Å². The minimum atomic E-state index is -0.450. The number of anilines is 1. The summed E-state index contributed by atoms with van der Waals surface area (Å²) in [6.45, 7) is 0.694. The molecule has 5 aromatic rings. The maximum Gasteiger partial charge on any atom is 0.183 e. The molecule has 0 N–H and O–H groups in total. The van der Waals surface area contributed by atoms with E-state index >= 15 is 0 Å². The number of hydrogen-bond donors (Lipinski definition) is 0. The third-order valence-corrected chi connectivity index (χ3v) is 6.34. The number of fused-ring (bicyclic) bond motifs is 1. The Kier molecular flexibility index (Phi) is 5.13. The van der Waals surface area contributed by atoms with Crippen molar-refractivity contribution in [2.75, 3.05) is 18.6 Å². The Morgan fingerprint density at radius 1 is 1.06 bits per heavy atom. The summed E-state index contributed by atoms with van der Waals surface area (Å²) in [7, 11) is 1.61. The predicted octanol–water partition coefficient (Wildman–Crippen LogP) is 4.61. The van der Waals surface area contributed by atoms with E-state index in [1.54, 1.807) is 47.2 Å². The van der Waals surface area contributed by atoms with Gasteiger partial charge in [0.05, 0.1) is 25.5 Å². The zero-order chi connectivity index (χ0) is 23.9. The van der Waals surface area contributed by atoms with Crippen LogP contribution < -0.4 is 9.64 Å². The Bertz CT molecular complexity index is 1530. The maximum atomic E-state index is 14.5. The van der Waals surface area contributed by atoms with Crippen LogP contribution in [-0.2, 0) is 0 Å². The molecule has 1 atom stereocenters. The molecule has 10 heteroatoms. The molecule has 1 fully saturated rings. The van der Waals surface area contributed by atoms with Gasteiger partial charge in [-0.3, -0.25) is 4.98 Å². The van der Waals surface area contributed by atoms with Crippen LogP contribution in [-0.4, -0.2) is 43.0 Å². The van der Waals surface area contributed by atoms with Crippen molar-refractivity contribution in [3.8, 4) is 22.6 Å². The molecule has 5 heterocycles. The van der Waals surface area contributed by atoms with E-state index in [-0.39, 0.29) is 6.04 Å². The van der Waals surface area contributed by atoms with Gasteiger partial charge in [0.2, 0.25) is 0 Å². The van der Waals surface area contributed by atoms with Crippen molar-refractivity contribution in [3.63, 3.8) is 0 Å². The molecule has 0 unspecified atom stereocenters. The second-order valence-corrected chi connectivity index (χ2v) is 8.35. The van der Waals surface area contributed by atoms with E-state index < -0.39 is 11.6 Å². The van der Waals surface area contributed by atoms with Crippen molar-refractivity contribution in [2.24, 2.45) is 0 Å². The van der Waals surface area contributed by atoms with E-state index in [9.17, 15) is 8.78 Å². The molecule has 1 aromatic carbocycles. The zero-order valence-corrected chi connectivity index (χ0v) is 18.8. The van der Waals surface area contributed by atoms with Crippen LogP contribution in [0.3, 0.4) is 0 Å². The van der Waals surface area contributed by atoms with Crippen molar-refractivity contribution in [1.82, 2.24) is 29.4 Å². The highest BCUT2D eigenvalue weighted by molar-refractivity contribution is 5.69. The molecular weight excluding hydrogens is 452 g/mol. The van der Waals surface area contributed by atoms with Crippen LogP contribution in [0.1, 0.15) is 24.4 Å². The molecular formula is C25H21F2N7O. The Morgan fingerprint density at radius 3 is 2.86 bits per heavy atom. The van der Waals surface area contributed by atoms with Gasteiger partial charge in [-0.2, -0.15) is 10.2 Å². The van der Waals surface area contributed by atoms with Gasteiger partial charge in [-0.05, 0) is 43.2 Å². The molecule has 176 valence electrons. The molecule has 8 nitrogen and oxygen atoms in total. The fraction of sp³-hybridized carbons (Fsp3) is 0.200. The van der Waals surface area contributed by atoms with Crippen LogP contribution in [0.25, 0.3) is 22.5 Å². The average Bonchev–Trinajstić information content (AvgIpc) is 3.64. The highest BCUT2D eigenvalue weighted by Crippen LogP contribution is 2.37. The molecule has 0 bridgehead atoms. The number of ether oxygens (including phenoxy) is 1. The van der Waals surface area contributed by atoms with Crippen LogP contribution in [0.2, 0.25) is 0 Å². The SMILES string of the molecule is COc1ccncc1-c1cnn(-c2cnn3ccc(N4CCC[C@@H]4c4cc(F)ccc4F)nc23)c1. The molecule has 1 aliphatic heterocycles. The minimum Gasteiger partial charge on any atom is -0.496 e. The molecule has 35 heavy (non-hydrogen) atoms. The molecule has 0 radical (unpaired) electrons. The summed E-state index contributed by atoms with van der Waals surface area (Å²) in [5.41, 5.74) is 3.30. The van der Waals surface area contributed by atoms with Crippen molar-refractivity contribution in [2.45, 2.75) is 18.9 Å². The molecule has 1 aliphatic rings. The van der Waals surface area contributed by atoms with E-state index in [4.69, 9.17) is 9.72 Å². The van der Waals surface area contributed by atoms with Crippen molar-refractivity contribution < 1.29 is 13.5 Å². The zero-order valence-electron chi connectivity index (χ0n) is 18.8. The second kappa shape index (κ2) is 8.46. The van der Waals surface area contributed by atoms with Gasteiger partial charge in [-0.1, -0.05) is 0 Å². The lowest BCUT2D eigenvalue weighted by Crippen LogP contribution is -2.24. The number of halogens is 2. The van der Waals surface area contributed by atoms with Gasteiger partial charge in [-0.25, -0.2) is 23.0 Å². The smallest absolute Gasteiger partial charge is 0.183 e. The molecule has 0 saturated carbocycles. The summed E-state index contributed by atoms with van der Waals surface area (Å²) >= 11 is 0. The first-order chi connectivity index (χ1) is 17.1. The third-order valence-electron chi connectivity index (χ3n) is 6.34. The number of benzene rings is 1. The van der Waals surface area contributed by atoms with Crippen LogP contribution in [0.5, 0.6) is 5.75 Å². The first-order valence-electron chi connectivity index (χ1n) is 11.2. The number of hydrogen-bond acceptors (Lipinski definition) is 6. The van der Waals surface area contributed by atoms with E-state index in [2.05, 4.69) is 15.2 Å². The first kappa shape index (κ1) is 21.2. The lowest BCUT2D eigenvalue weighted by molar-refractivity contribution is 0.416. The molecule has 4 aromatic heterocycles. The summed E-state index contributed by atoms with van der Waals surface area (Å²) in [5.74, 6) is 0.509. The van der Waals surface area contributed by atoms with E-state index in [0.29, 0.717) is 35.0 Å². The highest BCUT2D eigenvalue weighted by atomic mass is 19.1. The number of methoxy groups -OCH3 is 1. The first-order valence-corrected chi connectivity index (χ1v) is 11.2. The molecule has 0 spiro atoms. The Morgan fingerprint density at radius 2 is 1.97 bits per heavy atom. The quantitative estimate of drug-likeness (QED) is 0.371. The third kappa shape index (κ3) is 3.67. The number of rotatable bonds is 5. The van der Waals surface area contributed by atoms with Gasteiger partial charge in [0, 0.05) is 48.0 Å². The molecule has 6 rings (SSSR count). The fourth-order valence-electron chi connectivity index (χ4n) is 4.67. The van der Waals surface area contributed by atoms with Crippen LogP contribution in [0, 0.1) is 11.6 Å². The van der Waals surface area contributed by atoms with Crippen LogP contribution in [0.15, 0.2) is 67.5 Å². The summed E-state index contributed by atoms with van der Waals surface area (Å²) in [4.78, 5) is 11.1. The minimum absolute atomic E-state index is 0.290. The lowest BCUT2D eigenvalue weighted by Gasteiger charge is -2.26. The van der Waals surface area contributed by atoms with Crippen LogP contribution in [0.4, 0.5) is 14.6 Å². The Labute approximate surface area is 199 Å².